The van der Waals surface area contributed by atoms with Crippen LogP contribution in [0, 0.1) is 0 Å². The number of nitrogens with one attached hydrogen (secondary N) is 1. The van der Waals surface area contributed by atoms with Crippen molar-refractivity contribution in [2.45, 2.75) is 13.0 Å². The molecule has 0 saturated carbocycles. The van der Waals surface area contributed by atoms with Gasteiger partial charge in [0.2, 0.25) is 11.7 Å². The van der Waals surface area contributed by atoms with Crippen LogP contribution < -0.4 is 29.0 Å². The molecule has 29 heavy (non-hydrogen) atoms. The van der Waals surface area contributed by atoms with Gasteiger partial charge in [0, 0.05) is 17.7 Å². The molecule has 2 aromatic carbocycles. The highest BCUT2D eigenvalue weighted by Gasteiger charge is 2.15. The summed E-state index contributed by atoms with van der Waals surface area (Å²) in [6.07, 6.45) is 3.13. The van der Waals surface area contributed by atoms with Gasteiger partial charge in [0.25, 0.3) is 0 Å². The Balaban J connectivity index is 2.15. The Morgan fingerprint density at radius 1 is 0.862 bits per heavy atom. The van der Waals surface area contributed by atoms with Crippen LogP contribution in [-0.4, -0.2) is 41.5 Å². The molecule has 0 spiro atoms. The van der Waals surface area contributed by atoms with E-state index in [0.29, 0.717) is 28.7 Å². The second kappa shape index (κ2) is 10.3. The van der Waals surface area contributed by atoms with E-state index < -0.39 is 0 Å². The first-order valence-electron chi connectivity index (χ1n) is 8.97. The summed E-state index contributed by atoms with van der Waals surface area (Å²) in [5.41, 5.74) is 1.59. The van der Waals surface area contributed by atoms with Gasteiger partial charge in [-0.1, -0.05) is 0 Å². The van der Waals surface area contributed by atoms with Gasteiger partial charge in [0.1, 0.15) is 11.5 Å². The highest BCUT2D eigenvalue weighted by molar-refractivity contribution is 5.92. The first kappa shape index (κ1) is 21.9. The molecule has 1 unspecified atom stereocenters. The van der Waals surface area contributed by atoms with E-state index in [1.54, 1.807) is 52.7 Å². The van der Waals surface area contributed by atoms with E-state index >= 15 is 0 Å². The molecule has 0 bridgehead atoms. The zero-order chi connectivity index (χ0) is 21.4. The molecule has 7 nitrogen and oxygen atoms in total. The molecule has 1 atom stereocenters. The van der Waals surface area contributed by atoms with Gasteiger partial charge in [-0.3, -0.25) is 4.79 Å². The summed E-state index contributed by atoms with van der Waals surface area (Å²) < 4.78 is 26.6. The quantitative estimate of drug-likeness (QED) is 0.647. The van der Waals surface area contributed by atoms with Crippen molar-refractivity contribution in [3.63, 3.8) is 0 Å². The van der Waals surface area contributed by atoms with Gasteiger partial charge in [-0.25, -0.2) is 0 Å². The highest BCUT2D eigenvalue weighted by atomic mass is 16.5. The highest BCUT2D eigenvalue weighted by Crippen LogP contribution is 2.38. The van der Waals surface area contributed by atoms with Crippen LogP contribution in [0.5, 0.6) is 28.7 Å². The normalized spacial score (nSPS) is 11.7. The lowest BCUT2D eigenvalue weighted by atomic mass is 10.1. The molecule has 0 aliphatic rings. The van der Waals surface area contributed by atoms with Crippen molar-refractivity contribution >= 4 is 12.0 Å². The second-order valence-corrected chi connectivity index (χ2v) is 6.13. The lowest BCUT2D eigenvalue weighted by molar-refractivity contribution is -0.117. The number of carbonyl (C=O) groups excluding carboxylic acids is 1. The number of hydrogen-bond acceptors (Lipinski definition) is 6. The Morgan fingerprint density at radius 2 is 1.48 bits per heavy atom. The standard InChI is InChI=1S/C22H27NO6/c1-14(17-9-8-16(25-2)13-18(17)26-3)23-21(24)10-7-15-11-19(27-4)22(29-6)20(12-15)28-5/h7-14H,1-6H3,(H,23,24)/b10-7+. The van der Waals surface area contributed by atoms with Crippen LogP contribution in [0.4, 0.5) is 0 Å². The number of carbonyl (C=O) groups is 1. The van der Waals surface area contributed by atoms with E-state index in [0.717, 1.165) is 11.1 Å². The molecular formula is C22H27NO6. The Labute approximate surface area is 171 Å². The van der Waals surface area contributed by atoms with E-state index in [1.807, 2.05) is 19.1 Å². The Kier molecular flexibility index (Phi) is 7.77. The minimum absolute atomic E-state index is 0.246. The smallest absolute Gasteiger partial charge is 0.244 e. The van der Waals surface area contributed by atoms with E-state index in [9.17, 15) is 4.79 Å². The Bertz CT molecular complexity index is 853. The predicted molar refractivity (Wildman–Crippen MR) is 111 cm³/mol. The third kappa shape index (κ3) is 5.34. The van der Waals surface area contributed by atoms with E-state index in [2.05, 4.69) is 5.32 Å². The van der Waals surface area contributed by atoms with Gasteiger partial charge in [0.05, 0.1) is 41.6 Å². The third-order valence-corrected chi connectivity index (χ3v) is 4.38. The maximum Gasteiger partial charge on any atom is 0.244 e. The summed E-state index contributed by atoms with van der Waals surface area (Å²) in [7, 11) is 7.80. The lowest BCUT2D eigenvalue weighted by Gasteiger charge is -2.17. The van der Waals surface area contributed by atoms with Crippen molar-refractivity contribution in [1.82, 2.24) is 5.32 Å². The van der Waals surface area contributed by atoms with Gasteiger partial charge >= 0.3 is 0 Å². The molecule has 0 fully saturated rings. The number of benzene rings is 2. The van der Waals surface area contributed by atoms with Gasteiger partial charge in [-0.05, 0) is 42.8 Å². The molecule has 1 N–H and O–H groups in total. The van der Waals surface area contributed by atoms with E-state index in [-0.39, 0.29) is 11.9 Å². The molecule has 2 aromatic rings. The molecule has 0 saturated heterocycles. The van der Waals surface area contributed by atoms with Gasteiger partial charge in [-0.15, -0.1) is 0 Å². The van der Waals surface area contributed by atoms with Crippen LogP contribution in [-0.2, 0) is 4.79 Å². The van der Waals surface area contributed by atoms with Crippen molar-refractivity contribution in [2.24, 2.45) is 0 Å². The number of hydrogen-bond donors (Lipinski definition) is 1. The largest absolute Gasteiger partial charge is 0.497 e. The fraction of sp³-hybridized carbons (Fsp3) is 0.318. The summed E-state index contributed by atoms with van der Waals surface area (Å²) >= 11 is 0. The molecule has 7 heteroatoms. The molecular weight excluding hydrogens is 374 g/mol. The van der Waals surface area contributed by atoms with Crippen LogP contribution in [0.2, 0.25) is 0 Å². The average molecular weight is 401 g/mol. The monoisotopic (exact) mass is 401 g/mol. The van der Waals surface area contributed by atoms with Gasteiger partial charge < -0.3 is 29.0 Å². The third-order valence-electron chi connectivity index (χ3n) is 4.38. The van der Waals surface area contributed by atoms with Crippen LogP contribution in [0.3, 0.4) is 0 Å². The summed E-state index contributed by atoms with van der Waals surface area (Å²) in [5.74, 6) is 2.62. The van der Waals surface area contributed by atoms with Crippen molar-refractivity contribution in [3.8, 4) is 28.7 Å². The molecule has 1 amide bonds. The topological polar surface area (TPSA) is 75.3 Å². The SMILES string of the molecule is COc1ccc(C(C)NC(=O)/C=C/c2cc(OC)c(OC)c(OC)c2)c(OC)c1. The lowest BCUT2D eigenvalue weighted by Crippen LogP contribution is -2.25. The molecule has 0 aliphatic heterocycles. The van der Waals surface area contributed by atoms with Crippen molar-refractivity contribution in [3.05, 3.63) is 47.5 Å². The number of amides is 1. The molecule has 0 aromatic heterocycles. The minimum Gasteiger partial charge on any atom is -0.497 e. The predicted octanol–water partition coefficient (Wildman–Crippen LogP) is 3.62. The Hall–Kier alpha value is -3.35. The van der Waals surface area contributed by atoms with Crippen molar-refractivity contribution < 1.29 is 28.5 Å². The van der Waals surface area contributed by atoms with E-state index in [4.69, 9.17) is 23.7 Å². The van der Waals surface area contributed by atoms with Crippen molar-refractivity contribution in [2.75, 3.05) is 35.5 Å². The van der Waals surface area contributed by atoms with Gasteiger partial charge in [-0.2, -0.15) is 0 Å². The fourth-order valence-electron chi connectivity index (χ4n) is 2.88. The zero-order valence-electron chi connectivity index (χ0n) is 17.6. The maximum absolute atomic E-state index is 12.4. The van der Waals surface area contributed by atoms with E-state index in [1.165, 1.54) is 13.2 Å². The number of rotatable bonds is 9. The Morgan fingerprint density at radius 3 is 2.00 bits per heavy atom. The molecule has 0 aliphatic carbocycles. The number of methoxy groups -OCH3 is 5. The maximum atomic E-state index is 12.4. The average Bonchev–Trinajstić information content (AvgIpc) is 2.75. The van der Waals surface area contributed by atoms with Crippen molar-refractivity contribution in [1.29, 1.82) is 0 Å². The number of ether oxygens (including phenoxy) is 5. The van der Waals surface area contributed by atoms with Crippen LogP contribution in [0.1, 0.15) is 24.1 Å². The van der Waals surface area contributed by atoms with Crippen LogP contribution in [0.25, 0.3) is 6.08 Å². The first-order valence-corrected chi connectivity index (χ1v) is 8.97. The summed E-state index contributed by atoms with van der Waals surface area (Å²) in [5, 5.41) is 2.92. The minimum atomic E-state index is -0.257. The van der Waals surface area contributed by atoms with Crippen LogP contribution >= 0.6 is 0 Å². The second-order valence-electron chi connectivity index (χ2n) is 6.13. The fourth-order valence-corrected chi connectivity index (χ4v) is 2.88. The molecule has 0 radical (unpaired) electrons. The molecule has 156 valence electrons. The summed E-state index contributed by atoms with van der Waals surface area (Å²) in [6, 6.07) is 8.75. The van der Waals surface area contributed by atoms with Gasteiger partial charge in [0.15, 0.2) is 11.5 Å². The van der Waals surface area contributed by atoms with Crippen LogP contribution in [0.15, 0.2) is 36.4 Å². The summed E-state index contributed by atoms with van der Waals surface area (Å²) in [6.45, 7) is 1.88. The molecule has 0 heterocycles. The summed E-state index contributed by atoms with van der Waals surface area (Å²) in [4.78, 5) is 12.4. The zero-order valence-corrected chi connectivity index (χ0v) is 17.6. The first-order chi connectivity index (χ1) is 14.0. The molecule has 2 rings (SSSR count).